The van der Waals surface area contributed by atoms with E-state index in [0.717, 1.165) is 82.6 Å². The second-order valence-corrected chi connectivity index (χ2v) is 11.5. The first-order valence-electron chi connectivity index (χ1n) is 14.1. The van der Waals surface area contributed by atoms with Crippen LogP contribution < -0.4 is 16.0 Å². The Morgan fingerprint density at radius 3 is 2.86 bits per heavy atom. The molecule has 0 radical (unpaired) electrons. The fourth-order valence-corrected chi connectivity index (χ4v) is 6.01. The number of hydrogen-bond acceptors (Lipinski definition) is 6. The van der Waals surface area contributed by atoms with Gasteiger partial charge in [-0.05, 0) is 81.5 Å². The summed E-state index contributed by atoms with van der Waals surface area (Å²) in [6.07, 6.45) is 12.1. The summed E-state index contributed by atoms with van der Waals surface area (Å²) in [6.45, 7) is 6.78. The van der Waals surface area contributed by atoms with Crippen LogP contribution in [0.1, 0.15) is 76.0 Å². The van der Waals surface area contributed by atoms with Gasteiger partial charge in [0.15, 0.2) is 0 Å². The molecule has 36 heavy (non-hydrogen) atoms. The van der Waals surface area contributed by atoms with Gasteiger partial charge in [-0.25, -0.2) is 4.98 Å². The molecular weight excluding hydrogens is 454 g/mol. The molecule has 1 aliphatic carbocycles. The molecule has 4 N–H and O–H groups in total. The van der Waals surface area contributed by atoms with Gasteiger partial charge in [-0.2, -0.15) is 0 Å². The highest BCUT2D eigenvalue weighted by Crippen LogP contribution is 2.35. The molecule has 4 rings (SSSR count). The molecule has 8 nitrogen and oxygen atoms in total. The maximum atomic E-state index is 12.9. The highest BCUT2D eigenvalue weighted by Gasteiger charge is 2.30. The summed E-state index contributed by atoms with van der Waals surface area (Å²) in [5.74, 6) is 0.0654. The number of rotatable bonds is 11. The molecular formula is C28H45N5O3. The number of pyridine rings is 1. The average molecular weight is 500 g/mol. The molecule has 1 aromatic rings. The van der Waals surface area contributed by atoms with Gasteiger partial charge in [-0.15, -0.1) is 0 Å². The van der Waals surface area contributed by atoms with Crippen LogP contribution in [0.5, 0.6) is 0 Å². The number of aryl methyl sites for hydroxylation is 2. The monoisotopic (exact) mass is 499 g/mol. The van der Waals surface area contributed by atoms with Crippen LogP contribution in [0.25, 0.3) is 0 Å². The van der Waals surface area contributed by atoms with Crippen LogP contribution in [0.4, 0.5) is 5.82 Å². The predicted molar refractivity (Wildman–Crippen MR) is 142 cm³/mol. The van der Waals surface area contributed by atoms with E-state index >= 15 is 0 Å². The Morgan fingerprint density at radius 2 is 2.06 bits per heavy atom. The molecule has 0 unspecified atom stereocenters. The molecule has 0 bridgehead atoms. The molecule has 8 heteroatoms. The largest absolute Gasteiger partial charge is 0.480 e. The van der Waals surface area contributed by atoms with E-state index in [2.05, 4.69) is 39.9 Å². The van der Waals surface area contributed by atoms with Gasteiger partial charge < -0.3 is 26.0 Å². The topological polar surface area (TPSA) is 107 Å². The van der Waals surface area contributed by atoms with Crippen LogP contribution in [-0.2, 0) is 22.4 Å². The van der Waals surface area contributed by atoms with E-state index in [-0.39, 0.29) is 23.8 Å². The third kappa shape index (κ3) is 7.65. The zero-order valence-electron chi connectivity index (χ0n) is 22.0. The SMILES string of the molecule is CC1(CN[C@@H](CNC(=O)[C@@H]2CCCN(CCCc3ccc4c(n3)NCCC4)C2)C(=O)O)CCCCC1. The lowest BCUT2D eigenvalue weighted by atomic mass is 9.75. The predicted octanol–water partition coefficient (Wildman–Crippen LogP) is 3.21. The molecule has 200 valence electrons. The second-order valence-electron chi connectivity index (χ2n) is 11.5. The van der Waals surface area contributed by atoms with Crippen molar-refractivity contribution < 1.29 is 14.7 Å². The number of piperidine rings is 1. The first kappa shape index (κ1) is 26.9. The molecule has 3 aliphatic rings. The van der Waals surface area contributed by atoms with E-state index in [1.165, 1.54) is 31.2 Å². The van der Waals surface area contributed by atoms with Gasteiger partial charge >= 0.3 is 5.97 Å². The van der Waals surface area contributed by atoms with E-state index in [1.54, 1.807) is 0 Å². The number of aromatic nitrogens is 1. The Hall–Kier alpha value is -2.19. The fraction of sp³-hybridized carbons (Fsp3) is 0.750. The minimum Gasteiger partial charge on any atom is -0.480 e. The average Bonchev–Trinajstić information content (AvgIpc) is 2.89. The number of carboxylic acid groups (broad SMARTS) is 1. The van der Waals surface area contributed by atoms with Gasteiger partial charge in [-0.1, -0.05) is 32.3 Å². The Morgan fingerprint density at radius 1 is 1.22 bits per heavy atom. The molecule has 2 fully saturated rings. The summed E-state index contributed by atoms with van der Waals surface area (Å²) in [7, 11) is 0. The van der Waals surface area contributed by atoms with E-state index in [4.69, 9.17) is 4.98 Å². The van der Waals surface area contributed by atoms with Gasteiger partial charge in [0.25, 0.3) is 0 Å². The van der Waals surface area contributed by atoms with Crippen LogP contribution in [0.2, 0.25) is 0 Å². The fourth-order valence-electron chi connectivity index (χ4n) is 6.01. The lowest BCUT2D eigenvalue weighted by Gasteiger charge is -2.35. The van der Waals surface area contributed by atoms with Crippen molar-refractivity contribution in [3.63, 3.8) is 0 Å². The van der Waals surface area contributed by atoms with Crippen molar-refractivity contribution in [1.29, 1.82) is 0 Å². The Kier molecular flexibility index (Phi) is 9.60. The molecule has 0 aromatic carbocycles. The highest BCUT2D eigenvalue weighted by atomic mass is 16.4. The quantitative estimate of drug-likeness (QED) is 0.370. The number of nitrogens with one attached hydrogen (secondary N) is 3. The van der Waals surface area contributed by atoms with Crippen molar-refractivity contribution in [3.05, 3.63) is 23.4 Å². The summed E-state index contributed by atoms with van der Waals surface area (Å²) in [5, 5.41) is 19.2. The third-order valence-corrected chi connectivity index (χ3v) is 8.35. The van der Waals surface area contributed by atoms with E-state index in [9.17, 15) is 14.7 Å². The van der Waals surface area contributed by atoms with Crippen LogP contribution in [-0.4, -0.2) is 72.2 Å². The number of carbonyl (C=O) groups excluding carboxylic acids is 1. The molecule has 0 spiro atoms. The van der Waals surface area contributed by atoms with Crippen molar-refractivity contribution >= 4 is 17.7 Å². The Balaban J connectivity index is 1.18. The van der Waals surface area contributed by atoms with Crippen LogP contribution in [0.15, 0.2) is 12.1 Å². The van der Waals surface area contributed by atoms with E-state index < -0.39 is 12.0 Å². The zero-order chi connectivity index (χ0) is 25.4. The van der Waals surface area contributed by atoms with Gasteiger partial charge in [-0.3, -0.25) is 9.59 Å². The van der Waals surface area contributed by atoms with Crippen LogP contribution in [0, 0.1) is 11.3 Å². The molecule has 1 aromatic heterocycles. The number of fused-ring (bicyclic) bond motifs is 1. The van der Waals surface area contributed by atoms with Crippen molar-refractivity contribution in [3.8, 4) is 0 Å². The lowest BCUT2D eigenvalue weighted by molar-refractivity contribution is -0.139. The van der Waals surface area contributed by atoms with Crippen molar-refractivity contribution in [2.24, 2.45) is 11.3 Å². The second kappa shape index (κ2) is 12.9. The maximum Gasteiger partial charge on any atom is 0.322 e. The zero-order valence-corrected chi connectivity index (χ0v) is 22.0. The molecule has 1 saturated carbocycles. The van der Waals surface area contributed by atoms with Crippen LogP contribution in [0.3, 0.4) is 0 Å². The summed E-state index contributed by atoms with van der Waals surface area (Å²) in [4.78, 5) is 31.9. The van der Waals surface area contributed by atoms with Gasteiger partial charge in [0.1, 0.15) is 11.9 Å². The molecule has 2 aliphatic heterocycles. The van der Waals surface area contributed by atoms with Crippen molar-refractivity contribution in [2.75, 3.05) is 44.6 Å². The lowest BCUT2D eigenvalue weighted by Crippen LogP contribution is -2.51. The first-order valence-corrected chi connectivity index (χ1v) is 14.1. The number of likely N-dealkylation sites (tertiary alicyclic amines) is 1. The first-order chi connectivity index (χ1) is 17.4. The summed E-state index contributed by atoms with van der Waals surface area (Å²) < 4.78 is 0. The van der Waals surface area contributed by atoms with Gasteiger partial charge in [0.2, 0.25) is 5.91 Å². The maximum absolute atomic E-state index is 12.9. The van der Waals surface area contributed by atoms with E-state index in [1.807, 2.05) is 0 Å². The number of nitrogens with zero attached hydrogens (tertiary/aromatic N) is 2. The van der Waals surface area contributed by atoms with Crippen molar-refractivity contribution in [2.45, 2.75) is 83.6 Å². The minimum atomic E-state index is -0.897. The number of carbonyl (C=O) groups is 2. The number of hydrogen-bond donors (Lipinski definition) is 4. The minimum absolute atomic E-state index is 0.0148. The molecule has 3 heterocycles. The van der Waals surface area contributed by atoms with E-state index in [0.29, 0.717) is 6.54 Å². The van der Waals surface area contributed by atoms with Crippen molar-refractivity contribution in [1.82, 2.24) is 20.5 Å². The molecule has 2 atom stereocenters. The standard InChI is InChI=1S/C28H45N5O3/c1-28(13-3-2-4-14-28)20-31-24(27(35)36)18-30-26(34)22-9-6-16-33(19-22)17-7-10-23-12-11-21-8-5-15-29-25(21)32-23/h11-12,22,24,31H,2-10,13-20H2,1H3,(H,29,32)(H,30,34)(H,35,36)/t22-,24+/m1/s1. The van der Waals surface area contributed by atoms with Crippen LogP contribution >= 0.6 is 0 Å². The van der Waals surface area contributed by atoms with Gasteiger partial charge in [0, 0.05) is 31.9 Å². The third-order valence-electron chi connectivity index (χ3n) is 8.35. The number of carboxylic acids is 1. The Bertz CT molecular complexity index is 886. The van der Waals surface area contributed by atoms with Gasteiger partial charge in [0.05, 0.1) is 5.92 Å². The smallest absolute Gasteiger partial charge is 0.322 e. The Labute approximate surface area is 216 Å². The molecule has 1 amide bonds. The summed E-state index contributed by atoms with van der Waals surface area (Å²) in [6, 6.07) is 3.62. The normalized spacial score (nSPS) is 22.8. The summed E-state index contributed by atoms with van der Waals surface area (Å²) in [5.41, 5.74) is 2.60. The molecule has 1 saturated heterocycles. The number of amides is 1. The number of aliphatic carboxylic acids is 1. The highest BCUT2D eigenvalue weighted by molar-refractivity contribution is 5.80. The number of anilines is 1. The summed E-state index contributed by atoms with van der Waals surface area (Å²) >= 11 is 0.